The number of aromatic nitrogens is 6. The molecule has 0 saturated heterocycles. The van der Waals surface area contributed by atoms with E-state index in [1.807, 2.05) is 0 Å². The maximum Gasteiger partial charge on any atom is 0.221 e. The highest BCUT2D eigenvalue weighted by atomic mass is 15.4. The van der Waals surface area contributed by atoms with Crippen LogP contribution in [-0.4, -0.2) is 29.5 Å². The van der Waals surface area contributed by atoms with Gasteiger partial charge >= 0.3 is 0 Å². The molecular formula is C14H20N6. The van der Waals surface area contributed by atoms with Gasteiger partial charge in [0, 0.05) is 25.9 Å². The molecule has 0 aromatic carbocycles. The molecule has 4 heterocycles. The van der Waals surface area contributed by atoms with Crippen LogP contribution in [-0.2, 0) is 25.9 Å². The summed E-state index contributed by atoms with van der Waals surface area (Å²) in [6.07, 6.45) is 9.43. The van der Waals surface area contributed by atoms with Crippen molar-refractivity contribution in [1.82, 2.24) is 29.5 Å². The smallest absolute Gasteiger partial charge is 0.221 e. The Morgan fingerprint density at radius 2 is 1.10 bits per heavy atom. The van der Waals surface area contributed by atoms with Crippen molar-refractivity contribution in [3.63, 3.8) is 0 Å². The van der Waals surface area contributed by atoms with Crippen molar-refractivity contribution in [1.29, 1.82) is 0 Å². The summed E-state index contributed by atoms with van der Waals surface area (Å²) in [4.78, 5) is 9.32. The van der Waals surface area contributed by atoms with Gasteiger partial charge in [0.2, 0.25) is 11.6 Å². The molecule has 0 unspecified atom stereocenters. The molecule has 0 fully saturated rings. The fourth-order valence-corrected chi connectivity index (χ4v) is 3.11. The first-order chi connectivity index (χ1) is 9.90. The zero-order valence-corrected chi connectivity index (χ0v) is 11.8. The molecule has 0 spiro atoms. The van der Waals surface area contributed by atoms with Crippen LogP contribution in [0, 0.1) is 0 Å². The molecule has 0 radical (unpaired) electrons. The van der Waals surface area contributed by atoms with Crippen molar-refractivity contribution in [2.24, 2.45) is 0 Å². The summed E-state index contributed by atoms with van der Waals surface area (Å²) in [5, 5.41) is 9.23. The van der Waals surface area contributed by atoms with Gasteiger partial charge in [-0.25, -0.2) is 19.3 Å². The second kappa shape index (κ2) is 5.00. The van der Waals surface area contributed by atoms with E-state index in [1.165, 1.54) is 38.5 Å². The summed E-state index contributed by atoms with van der Waals surface area (Å²) >= 11 is 0. The summed E-state index contributed by atoms with van der Waals surface area (Å²) in [5.74, 6) is 3.62. The topological polar surface area (TPSA) is 61.4 Å². The predicted molar refractivity (Wildman–Crippen MR) is 74.1 cm³/mol. The normalized spacial score (nSPS) is 19.0. The van der Waals surface area contributed by atoms with E-state index in [2.05, 4.69) is 29.5 Å². The van der Waals surface area contributed by atoms with Gasteiger partial charge in [-0.3, -0.25) is 0 Å². The van der Waals surface area contributed by atoms with Crippen LogP contribution in [0.1, 0.15) is 50.2 Å². The largest absolute Gasteiger partial charge is 0.249 e. The number of hydrogen-bond acceptors (Lipinski definition) is 4. The highest BCUT2D eigenvalue weighted by Gasteiger charge is 2.19. The Bertz CT molecular complexity index is 510. The van der Waals surface area contributed by atoms with E-state index in [1.54, 1.807) is 0 Å². The van der Waals surface area contributed by atoms with Gasteiger partial charge in [-0.05, 0) is 25.7 Å². The molecule has 6 nitrogen and oxygen atoms in total. The molecule has 0 saturated carbocycles. The Morgan fingerprint density at radius 3 is 1.60 bits per heavy atom. The van der Waals surface area contributed by atoms with Gasteiger partial charge in [-0.1, -0.05) is 12.8 Å². The van der Waals surface area contributed by atoms with E-state index in [0.29, 0.717) is 11.6 Å². The minimum absolute atomic E-state index is 0.711. The quantitative estimate of drug-likeness (QED) is 0.796. The third-order valence-corrected chi connectivity index (χ3v) is 4.24. The zero-order chi connectivity index (χ0) is 13.4. The lowest BCUT2D eigenvalue weighted by Crippen LogP contribution is -2.02. The minimum atomic E-state index is 0.711. The van der Waals surface area contributed by atoms with E-state index in [9.17, 15) is 0 Å². The van der Waals surface area contributed by atoms with Crippen LogP contribution in [0.15, 0.2) is 0 Å². The van der Waals surface area contributed by atoms with E-state index >= 15 is 0 Å². The monoisotopic (exact) mass is 272 g/mol. The summed E-state index contributed by atoms with van der Waals surface area (Å²) in [5.41, 5.74) is 0. The van der Waals surface area contributed by atoms with Crippen LogP contribution in [0.25, 0.3) is 11.6 Å². The van der Waals surface area contributed by atoms with E-state index in [4.69, 9.17) is 0 Å². The molecule has 0 amide bonds. The van der Waals surface area contributed by atoms with E-state index in [0.717, 1.165) is 37.6 Å². The van der Waals surface area contributed by atoms with Gasteiger partial charge in [0.25, 0.3) is 0 Å². The average Bonchev–Trinajstić information content (AvgIpc) is 2.89. The second-order valence-electron chi connectivity index (χ2n) is 5.77. The average molecular weight is 272 g/mol. The van der Waals surface area contributed by atoms with Crippen molar-refractivity contribution < 1.29 is 0 Å². The Hall–Kier alpha value is -1.72. The molecule has 2 aliphatic heterocycles. The fourth-order valence-electron chi connectivity index (χ4n) is 3.11. The lowest BCUT2D eigenvalue weighted by molar-refractivity contribution is 0.571. The molecule has 4 rings (SSSR count). The number of rotatable bonds is 1. The SMILES string of the molecule is C1CCc2nc(-c3nc4n(n3)CCCCC4)nn2CC1. The van der Waals surface area contributed by atoms with Crippen molar-refractivity contribution in [2.45, 2.75) is 64.5 Å². The first kappa shape index (κ1) is 12.1. The summed E-state index contributed by atoms with van der Waals surface area (Å²) < 4.78 is 4.10. The molecule has 0 bridgehead atoms. The van der Waals surface area contributed by atoms with E-state index in [-0.39, 0.29) is 0 Å². The molecule has 106 valence electrons. The second-order valence-corrected chi connectivity index (χ2v) is 5.77. The van der Waals surface area contributed by atoms with Gasteiger partial charge in [-0.2, -0.15) is 0 Å². The molecule has 0 aliphatic carbocycles. The van der Waals surface area contributed by atoms with Gasteiger partial charge in [0.1, 0.15) is 11.6 Å². The Morgan fingerprint density at radius 1 is 0.600 bits per heavy atom. The van der Waals surface area contributed by atoms with Gasteiger partial charge in [0.15, 0.2) is 0 Å². The number of aryl methyl sites for hydroxylation is 4. The van der Waals surface area contributed by atoms with Crippen LogP contribution in [0.4, 0.5) is 0 Å². The van der Waals surface area contributed by atoms with Crippen molar-refractivity contribution in [3.05, 3.63) is 11.6 Å². The van der Waals surface area contributed by atoms with Gasteiger partial charge in [-0.15, -0.1) is 10.2 Å². The van der Waals surface area contributed by atoms with Crippen LogP contribution in [0.3, 0.4) is 0 Å². The summed E-state index contributed by atoms with van der Waals surface area (Å²) in [7, 11) is 0. The highest BCUT2D eigenvalue weighted by molar-refractivity contribution is 5.41. The predicted octanol–water partition coefficient (Wildman–Crippen LogP) is 1.99. The number of hydrogen-bond donors (Lipinski definition) is 0. The Balaban J connectivity index is 1.67. The maximum atomic E-state index is 4.66. The van der Waals surface area contributed by atoms with Crippen LogP contribution < -0.4 is 0 Å². The minimum Gasteiger partial charge on any atom is -0.249 e. The first-order valence-electron chi connectivity index (χ1n) is 7.78. The van der Waals surface area contributed by atoms with Crippen LogP contribution in [0.5, 0.6) is 0 Å². The van der Waals surface area contributed by atoms with Crippen molar-refractivity contribution >= 4 is 0 Å². The third-order valence-electron chi connectivity index (χ3n) is 4.24. The molecule has 0 N–H and O–H groups in total. The maximum absolute atomic E-state index is 4.66. The van der Waals surface area contributed by atoms with Crippen molar-refractivity contribution in [2.75, 3.05) is 0 Å². The summed E-state index contributed by atoms with van der Waals surface area (Å²) in [6, 6.07) is 0. The first-order valence-corrected chi connectivity index (χ1v) is 7.78. The van der Waals surface area contributed by atoms with Crippen molar-refractivity contribution in [3.8, 4) is 11.6 Å². The molecule has 20 heavy (non-hydrogen) atoms. The molecule has 2 aromatic heterocycles. The fraction of sp³-hybridized carbons (Fsp3) is 0.714. The van der Waals surface area contributed by atoms with E-state index < -0.39 is 0 Å². The van der Waals surface area contributed by atoms with Crippen LogP contribution >= 0.6 is 0 Å². The Kier molecular flexibility index (Phi) is 3.01. The van der Waals surface area contributed by atoms with Gasteiger partial charge in [0.05, 0.1) is 0 Å². The molecule has 6 heteroatoms. The summed E-state index contributed by atoms with van der Waals surface area (Å²) in [6.45, 7) is 1.96. The van der Waals surface area contributed by atoms with Crippen LogP contribution in [0.2, 0.25) is 0 Å². The molecule has 0 atom stereocenters. The number of nitrogens with zero attached hydrogens (tertiary/aromatic N) is 6. The number of fused-ring (bicyclic) bond motifs is 2. The van der Waals surface area contributed by atoms with Gasteiger partial charge < -0.3 is 0 Å². The third kappa shape index (κ3) is 2.13. The lowest BCUT2D eigenvalue weighted by atomic mass is 10.2. The highest BCUT2D eigenvalue weighted by Crippen LogP contribution is 2.19. The standard InChI is InChI=1S/C14H20N6/c1-3-7-11-15-13(17-19(11)9-5-1)14-16-12-8-4-2-6-10-20(12)18-14/h1-10H2. The lowest BCUT2D eigenvalue weighted by Gasteiger charge is -1.97. The molecule has 2 aliphatic rings. The zero-order valence-electron chi connectivity index (χ0n) is 11.8. The molecule has 2 aromatic rings. The molecular weight excluding hydrogens is 252 g/mol. The Labute approximate surface area is 118 Å².